The fraction of sp³-hybridized carbons (Fsp3) is 0.273. The molecule has 0 aliphatic rings. The number of hydrogen-bond acceptors (Lipinski definition) is 3. The summed E-state index contributed by atoms with van der Waals surface area (Å²) in [6.07, 6.45) is 5.38. The van der Waals surface area contributed by atoms with Gasteiger partial charge in [-0.25, -0.2) is 17.5 Å². The van der Waals surface area contributed by atoms with Gasteiger partial charge in [-0.2, -0.15) is 0 Å². The summed E-state index contributed by atoms with van der Waals surface area (Å²) in [6, 6.07) is 14.5. The SMILES string of the molecule is C#CC(F)(CNS(=O)(=O)C(C)C)c1ccc(-c2ccc(C(=C)NC)cc2)cc1. The van der Waals surface area contributed by atoms with E-state index in [1.807, 2.05) is 31.3 Å². The van der Waals surface area contributed by atoms with E-state index in [1.165, 1.54) is 13.8 Å². The molecular weight excluding hydrogens is 375 g/mol. The van der Waals surface area contributed by atoms with E-state index < -0.39 is 27.5 Å². The van der Waals surface area contributed by atoms with Gasteiger partial charge in [-0.1, -0.05) is 61.0 Å². The zero-order chi connectivity index (χ0) is 20.9. The molecule has 2 aromatic rings. The molecule has 2 rings (SSSR count). The standard InChI is InChI=1S/C22H25FN2O2S/c1-6-22(23,15-25-28(26,27)16(2)3)21-13-11-20(12-14-21)19-9-7-18(8-10-19)17(4)24-5/h1,7-14,16,24-25H,4,15H2,2-3,5H3. The summed E-state index contributed by atoms with van der Waals surface area (Å²) in [5.41, 5.74) is 1.66. The van der Waals surface area contributed by atoms with E-state index >= 15 is 4.39 Å². The van der Waals surface area contributed by atoms with E-state index in [0.29, 0.717) is 0 Å². The van der Waals surface area contributed by atoms with Crippen LogP contribution >= 0.6 is 0 Å². The van der Waals surface area contributed by atoms with Crippen molar-refractivity contribution < 1.29 is 12.8 Å². The van der Waals surface area contributed by atoms with E-state index in [1.54, 1.807) is 24.3 Å². The summed E-state index contributed by atoms with van der Waals surface area (Å²) in [4.78, 5) is 0. The zero-order valence-corrected chi connectivity index (χ0v) is 17.1. The van der Waals surface area contributed by atoms with Crippen LogP contribution in [0.2, 0.25) is 0 Å². The lowest BCUT2D eigenvalue weighted by atomic mass is 9.94. The second kappa shape index (κ2) is 8.59. The molecule has 0 fully saturated rings. The molecule has 6 heteroatoms. The first kappa shape index (κ1) is 21.7. The predicted octanol–water partition coefficient (Wildman–Crippen LogP) is 3.67. The van der Waals surface area contributed by atoms with Gasteiger partial charge < -0.3 is 5.32 Å². The molecule has 148 valence electrons. The molecule has 0 aliphatic carbocycles. The average Bonchev–Trinajstić information content (AvgIpc) is 2.71. The Balaban J connectivity index is 2.22. The Morgan fingerprint density at radius 3 is 2.07 bits per heavy atom. The molecule has 0 saturated carbocycles. The molecule has 1 unspecified atom stereocenters. The van der Waals surface area contributed by atoms with E-state index in [4.69, 9.17) is 6.42 Å². The number of rotatable bonds is 8. The first-order valence-electron chi connectivity index (χ1n) is 8.86. The van der Waals surface area contributed by atoms with Crippen molar-refractivity contribution in [2.24, 2.45) is 0 Å². The van der Waals surface area contributed by atoms with Crippen molar-refractivity contribution in [2.75, 3.05) is 13.6 Å². The lowest BCUT2D eigenvalue weighted by Gasteiger charge is -2.21. The quantitative estimate of drug-likeness (QED) is 0.665. The smallest absolute Gasteiger partial charge is 0.214 e. The molecule has 0 saturated heterocycles. The maximum absolute atomic E-state index is 15.2. The minimum absolute atomic E-state index is 0.227. The van der Waals surface area contributed by atoms with Crippen LogP contribution in [-0.2, 0) is 15.7 Å². The van der Waals surface area contributed by atoms with Crippen molar-refractivity contribution in [2.45, 2.75) is 24.8 Å². The van der Waals surface area contributed by atoms with Crippen LogP contribution in [0.5, 0.6) is 0 Å². The van der Waals surface area contributed by atoms with Crippen molar-refractivity contribution in [1.82, 2.24) is 10.0 Å². The summed E-state index contributed by atoms with van der Waals surface area (Å²) in [5.74, 6) is 2.08. The highest BCUT2D eigenvalue weighted by Crippen LogP contribution is 2.28. The van der Waals surface area contributed by atoms with E-state index in [9.17, 15) is 8.42 Å². The van der Waals surface area contributed by atoms with Crippen molar-refractivity contribution in [1.29, 1.82) is 0 Å². The van der Waals surface area contributed by atoms with Crippen molar-refractivity contribution in [3.05, 3.63) is 66.2 Å². The van der Waals surface area contributed by atoms with Crippen LogP contribution in [0.4, 0.5) is 4.39 Å². The molecule has 0 amide bonds. The predicted molar refractivity (Wildman–Crippen MR) is 114 cm³/mol. The third-order valence-electron chi connectivity index (χ3n) is 4.58. The summed E-state index contributed by atoms with van der Waals surface area (Å²) in [6.45, 7) is 6.45. The average molecular weight is 401 g/mol. The lowest BCUT2D eigenvalue weighted by molar-refractivity contribution is 0.250. The fourth-order valence-corrected chi connectivity index (χ4v) is 3.27. The highest BCUT2D eigenvalue weighted by atomic mass is 32.2. The minimum Gasteiger partial charge on any atom is -0.388 e. The zero-order valence-electron chi connectivity index (χ0n) is 16.3. The number of nitrogens with one attached hydrogen (secondary N) is 2. The Hall–Kier alpha value is -2.62. The van der Waals surface area contributed by atoms with Crippen LogP contribution < -0.4 is 10.0 Å². The second-order valence-corrected chi connectivity index (χ2v) is 9.07. The van der Waals surface area contributed by atoms with Gasteiger partial charge in [-0.3, -0.25) is 0 Å². The Morgan fingerprint density at radius 1 is 1.14 bits per heavy atom. The number of sulfonamides is 1. The van der Waals surface area contributed by atoms with Gasteiger partial charge in [0.15, 0.2) is 0 Å². The van der Waals surface area contributed by atoms with Crippen LogP contribution in [0.1, 0.15) is 25.0 Å². The first-order valence-corrected chi connectivity index (χ1v) is 10.4. The third kappa shape index (κ3) is 4.80. The van der Waals surface area contributed by atoms with Crippen LogP contribution in [0.3, 0.4) is 0 Å². The van der Waals surface area contributed by atoms with Crippen LogP contribution in [-0.4, -0.2) is 27.3 Å². The summed E-state index contributed by atoms with van der Waals surface area (Å²) in [5, 5.41) is 2.33. The maximum Gasteiger partial charge on any atom is 0.214 e. The number of terminal acetylenes is 1. The van der Waals surface area contributed by atoms with Gasteiger partial charge in [0.1, 0.15) is 0 Å². The first-order chi connectivity index (χ1) is 13.1. The summed E-state index contributed by atoms with van der Waals surface area (Å²) >= 11 is 0. The Labute approximate surface area is 166 Å². The van der Waals surface area contributed by atoms with Gasteiger partial charge >= 0.3 is 0 Å². The van der Waals surface area contributed by atoms with Crippen LogP contribution in [0, 0.1) is 12.3 Å². The molecule has 1 atom stereocenters. The molecular formula is C22H25FN2O2S. The minimum atomic E-state index is -3.61. The molecule has 28 heavy (non-hydrogen) atoms. The number of hydrogen-bond donors (Lipinski definition) is 2. The van der Waals surface area contributed by atoms with Crippen LogP contribution in [0.15, 0.2) is 55.1 Å². The number of halogens is 1. The van der Waals surface area contributed by atoms with Crippen molar-refractivity contribution in [3.8, 4) is 23.5 Å². The van der Waals surface area contributed by atoms with Crippen molar-refractivity contribution in [3.63, 3.8) is 0 Å². The van der Waals surface area contributed by atoms with Gasteiger partial charge in [0.25, 0.3) is 0 Å². The molecule has 2 N–H and O–H groups in total. The molecule has 0 spiro atoms. The molecule has 0 heterocycles. The molecule has 0 radical (unpaired) electrons. The molecule has 0 aromatic heterocycles. The normalized spacial score (nSPS) is 13.6. The molecule has 4 nitrogen and oxygen atoms in total. The van der Waals surface area contributed by atoms with Crippen molar-refractivity contribution >= 4 is 15.7 Å². The van der Waals surface area contributed by atoms with Gasteiger partial charge in [0.05, 0.1) is 11.8 Å². The van der Waals surface area contributed by atoms with Gasteiger partial charge in [-0.05, 0) is 30.5 Å². The Bertz CT molecular complexity index is 975. The van der Waals surface area contributed by atoms with E-state index in [0.717, 1.165) is 22.4 Å². The van der Waals surface area contributed by atoms with Gasteiger partial charge in [0, 0.05) is 18.3 Å². The van der Waals surface area contributed by atoms with E-state index in [2.05, 4.69) is 22.5 Å². The molecule has 2 aromatic carbocycles. The number of benzene rings is 2. The lowest BCUT2D eigenvalue weighted by Crippen LogP contribution is -2.39. The maximum atomic E-state index is 15.2. The van der Waals surface area contributed by atoms with Gasteiger partial charge in [-0.15, -0.1) is 6.42 Å². The largest absolute Gasteiger partial charge is 0.388 e. The number of alkyl halides is 1. The Kier molecular flexibility index (Phi) is 6.65. The van der Waals surface area contributed by atoms with Crippen LogP contribution in [0.25, 0.3) is 16.8 Å². The molecule has 0 aliphatic heterocycles. The van der Waals surface area contributed by atoms with E-state index in [-0.39, 0.29) is 5.56 Å². The fourth-order valence-electron chi connectivity index (χ4n) is 2.54. The Morgan fingerprint density at radius 2 is 1.64 bits per heavy atom. The highest BCUT2D eigenvalue weighted by Gasteiger charge is 2.32. The molecule has 0 bridgehead atoms. The van der Waals surface area contributed by atoms with Gasteiger partial charge in [0.2, 0.25) is 15.7 Å². The summed E-state index contributed by atoms with van der Waals surface area (Å²) < 4.78 is 41.2. The highest BCUT2D eigenvalue weighted by molar-refractivity contribution is 7.90. The summed E-state index contributed by atoms with van der Waals surface area (Å²) in [7, 11) is -1.80. The monoisotopic (exact) mass is 400 g/mol. The third-order valence-corrected chi connectivity index (χ3v) is 6.37. The second-order valence-electron chi connectivity index (χ2n) is 6.74. The topological polar surface area (TPSA) is 58.2 Å².